The summed E-state index contributed by atoms with van der Waals surface area (Å²) in [5.74, 6) is 0.687. The maximum absolute atomic E-state index is 5.77. The first-order chi connectivity index (χ1) is 8.20. The molecule has 0 aliphatic heterocycles. The summed E-state index contributed by atoms with van der Waals surface area (Å²) in [5.41, 5.74) is 0. The second-order valence-corrected chi connectivity index (χ2v) is 5.43. The second kappa shape index (κ2) is 5.75. The van der Waals surface area contributed by atoms with Gasteiger partial charge in [0.05, 0.1) is 10.5 Å². The van der Waals surface area contributed by atoms with Crippen molar-refractivity contribution in [3.63, 3.8) is 0 Å². The SMILES string of the molecule is CCC(Nc1nc(Cl)ncc1Br)c1nccs1. The first-order valence-electron chi connectivity index (χ1n) is 5.04. The van der Waals surface area contributed by atoms with Crippen molar-refractivity contribution in [2.45, 2.75) is 19.4 Å². The van der Waals surface area contributed by atoms with Crippen molar-refractivity contribution < 1.29 is 0 Å². The number of thiazole rings is 1. The van der Waals surface area contributed by atoms with Crippen LogP contribution in [0.4, 0.5) is 5.82 Å². The van der Waals surface area contributed by atoms with Crippen LogP contribution in [-0.2, 0) is 0 Å². The van der Waals surface area contributed by atoms with Gasteiger partial charge in [-0.15, -0.1) is 11.3 Å². The molecule has 1 unspecified atom stereocenters. The third-order valence-electron chi connectivity index (χ3n) is 2.18. The van der Waals surface area contributed by atoms with Crippen molar-refractivity contribution in [2.75, 3.05) is 5.32 Å². The zero-order valence-corrected chi connectivity index (χ0v) is 12.2. The van der Waals surface area contributed by atoms with Crippen LogP contribution in [0.1, 0.15) is 24.4 Å². The van der Waals surface area contributed by atoms with E-state index in [1.54, 1.807) is 23.7 Å². The monoisotopic (exact) mass is 332 g/mol. The van der Waals surface area contributed by atoms with Crippen LogP contribution in [0.25, 0.3) is 0 Å². The summed E-state index contributed by atoms with van der Waals surface area (Å²) in [6.07, 6.45) is 4.35. The molecule has 1 atom stereocenters. The smallest absolute Gasteiger partial charge is 0.224 e. The van der Waals surface area contributed by atoms with E-state index < -0.39 is 0 Å². The van der Waals surface area contributed by atoms with Gasteiger partial charge >= 0.3 is 0 Å². The van der Waals surface area contributed by atoms with Crippen LogP contribution >= 0.6 is 38.9 Å². The molecule has 0 saturated carbocycles. The normalized spacial score (nSPS) is 12.4. The van der Waals surface area contributed by atoms with Crippen LogP contribution in [0.2, 0.25) is 5.28 Å². The predicted molar refractivity (Wildman–Crippen MR) is 73.5 cm³/mol. The summed E-state index contributed by atoms with van der Waals surface area (Å²) in [7, 11) is 0. The Kier molecular flexibility index (Phi) is 4.31. The quantitative estimate of drug-likeness (QED) is 0.862. The molecule has 0 aliphatic carbocycles. The Balaban J connectivity index is 2.21. The zero-order chi connectivity index (χ0) is 12.3. The predicted octanol–water partition coefficient (Wildman–Crippen LogP) is 3.91. The van der Waals surface area contributed by atoms with Gasteiger partial charge in [-0.25, -0.2) is 9.97 Å². The molecule has 0 saturated heterocycles. The Morgan fingerprint density at radius 1 is 1.53 bits per heavy atom. The molecule has 17 heavy (non-hydrogen) atoms. The van der Waals surface area contributed by atoms with E-state index in [2.05, 4.69) is 43.1 Å². The van der Waals surface area contributed by atoms with Gasteiger partial charge in [0.15, 0.2) is 0 Å². The Hall–Kier alpha value is -0.720. The first-order valence-corrected chi connectivity index (χ1v) is 7.09. The van der Waals surface area contributed by atoms with Gasteiger partial charge in [-0.2, -0.15) is 4.98 Å². The number of nitrogens with one attached hydrogen (secondary N) is 1. The van der Waals surface area contributed by atoms with E-state index in [9.17, 15) is 0 Å². The van der Waals surface area contributed by atoms with Crippen LogP contribution in [0.15, 0.2) is 22.2 Å². The van der Waals surface area contributed by atoms with Crippen LogP contribution in [0, 0.1) is 0 Å². The Labute approximate surface area is 117 Å². The summed E-state index contributed by atoms with van der Waals surface area (Å²) in [6.45, 7) is 2.09. The molecule has 2 aromatic rings. The van der Waals surface area contributed by atoms with E-state index in [0.29, 0.717) is 5.82 Å². The lowest BCUT2D eigenvalue weighted by Crippen LogP contribution is -2.11. The summed E-state index contributed by atoms with van der Waals surface area (Å²) >= 11 is 10.8. The molecule has 2 aromatic heterocycles. The molecule has 2 rings (SSSR count). The molecule has 0 aromatic carbocycles. The van der Waals surface area contributed by atoms with Gasteiger partial charge in [0.2, 0.25) is 5.28 Å². The summed E-state index contributed by atoms with van der Waals surface area (Å²) in [4.78, 5) is 12.3. The number of nitrogens with zero attached hydrogens (tertiary/aromatic N) is 3. The van der Waals surface area contributed by atoms with Crippen LogP contribution in [0.5, 0.6) is 0 Å². The molecular weight excluding hydrogens is 324 g/mol. The fourth-order valence-corrected chi connectivity index (χ4v) is 2.57. The molecule has 0 radical (unpaired) electrons. The highest BCUT2D eigenvalue weighted by Crippen LogP contribution is 2.27. The Bertz CT molecular complexity index is 491. The van der Waals surface area contributed by atoms with Crippen molar-refractivity contribution in [3.05, 3.63) is 32.5 Å². The molecule has 0 spiro atoms. The Morgan fingerprint density at radius 2 is 2.35 bits per heavy atom. The largest absolute Gasteiger partial charge is 0.360 e. The molecule has 0 aliphatic rings. The molecular formula is C10H10BrClN4S. The average Bonchev–Trinajstić information content (AvgIpc) is 2.84. The summed E-state index contributed by atoms with van der Waals surface area (Å²) < 4.78 is 0.789. The highest BCUT2D eigenvalue weighted by molar-refractivity contribution is 9.10. The number of rotatable bonds is 4. The third-order valence-corrected chi connectivity index (χ3v) is 3.84. The van der Waals surface area contributed by atoms with E-state index in [4.69, 9.17) is 11.6 Å². The molecule has 0 bridgehead atoms. The zero-order valence-electron chi connectivity index (χ0n) is 9.02. The average molecular weight is 334 g/mol. The molecule has 4 nitrogen and oxygen atoms in total. The van der Waals surface area contributed by atoms with Crippen LogP contribution < -0.4 is 5.32 Å². The minimum atomic E-state index is 0.136. The lowest BCUT2D eigenvalue weighted by molar-refractivity contribution is 0.736. The molecule has 90 valence electrons. The standard InChI is InChI=1S/C10H10BrClN4S/c1-2-7(9-13-3-4-17-9)15-8-6(11)5-14-10(12)16-8/h3-5,7H,2H2,1H3,(H,14,15,16). The number of halogens is 2. The van der Waals surface area contributed by atoms with E-state index in [1.807, 2.05) is 5.38 Å². The summed E-state index contributed by atoms with van der Waals surface area (Å²) in [6, 6.07) is 0.136. The molecule has 1 N–H and O–H groups in total. The van der Waals surface area contributed by atoms with Gasteiger partial charge in [0, 0.05) is 17.8 Å². The van der Waals surface area contributed by atoms with Gasteiger partial charge < -0.3 is 5.32 Å². The van der Waals surface area contributed by atoms with Crippen molar-refractivity contribution in [1.82, 2.24) is 15.0 Å². The van der Waals surface area contributed by atoms with E-state index >= 15 is 0 Å². The molecule has 2 heterocycles. The van der Waals surface area contributed by atoms with Gasteiger partial charge in [0.1, 0.15) is 10.8 Å². The van der Waals surface area contributed by atoms with Crippen molar-refractivity contribution >= 4 is 44.7 Å². The topological polar surface area (TPSA) is 50.7 Å². The van der Waals surface area contributed by atoms with E-state index in [1.165, 1.54) is 0 Å². The lowest BCUT2D eigenvalue weighted by atomic mass is 10.2. The Morgan fingerprint density at radius 3 is 3.00 bits per heavy atom. The maximum Gasteiger partial charge on any atom is 0.224 e. The number of aromatic nitrogens is 3. The first kappa shape index (κ1) is 12.7. The number of anilines is 1. The minimum Gasteiger partial charge on any atom is -0.360 e. The highest BCUT2D eigenvalue weighted by Gasteiger charge is 2.14. The highest BCUT2D eigenvalue weighted by atomic mass is 79.9. The fourth-order valence-electron chi connectivity index (χ4n) is 1.36. The van der Waals surface area contributed by atoms with Gasteiger partial charge in [-0.3, -0.25) is 0 Å². The van der Waals surface area contributed by atoms with Gasteiger partial charge in [0.25, 0.3) is 0 Å². The van der Waals surface area contributed by atoms with E-state index in [-0.39, 0.29) is 11.3 Å². The lowest BCUT2D eigenvalue weighted by Gasteiger charge is -2.15. The van der Waals surface area contributed by atoms with Crippen molar-refractivity contribution in [3.8, 4) is 0 Å². The van der Waals surface area contributed by atoms with Crippen molar-refractivity contribution in [1.29, 1.82) is 0 Å². The second-order valence-electron chi connectivity index (χ2n) is 3.31. The van der Waals surface area contributed by atoms with E-state index in [0.717, 1.165) is 15.9 Å². The van der Waals surface area contributed by atoms with Crippen LogP contribution in [-0.4, -0.2) is 15.0 Å². The van der Waals surface area contributed by atoms with Crippen LogP contribution in [0.3, 0.4) is 0 Å². The van der Waals surface area contributed by atoms with Gasteiger partial charge in [-0.05, 0) is 34.0 Å². The van der Waals surface area contributed by atoms with Gasteiger partial charge in [-0.1, -0.05) is 6.92 Å². The molecule has 0 amide bonds. The fraction of sp³-hybridized carbons (Fsp3) is 0.300. The third kappa shape index (κ3) is 3.14. The number of hydrogen-bond donors (Lipinski definition) is 1. The van der Waals surface area contributed by atoms with Crippen molar-refractivity contribution in [2.24, 2.45) is 0 Å². The molecule has 0 fully saturated rings. The minimum absolute atomic E-state index is 0.136. The molecule has 7 heteroatoms. The summed E-state index contributed by atoms with van der Waals surface area (Å²) in [5, 5.41) is 6.53. The maximum atomic E-state index is 5.77. The number of hydrogen-bond acceptors (Lipinski definition) is 5.